The molecule has 2 N–H and O–H groups in total. The number of likely N-dealkylation sites (N-methyl/N-ethyl adjacent to an activating group) is 1. The monoisotopic (exact) mass is 467 g/mol. The zero-order valence-corrected chi connectivity index (χ0v) is 18.8. The number of hydrogen-bond acceptors (Lipinski definition) is 8. The van der Waals surface area contributed by atoms with Crippen LogP contribution in [-0.2, 0) is 10.4 Å². The third-order valence-electron chi connectivity index (χ3n) is 6.15. The largest absolute Gasteiger partial charge is 0.375 e. The highest BCUT2D eigenvalue weighted by Gasteiger charge is 2.45. The lowest BCUT2D eigenvalue weighted by atomic mass is 9.92. The van der Waals surface area contributed by atoms with E-state index in [2.05, 4.69) is 30.5 Å². The predicted octanol–water partition coefficient (Wildman–Crippen LogP) is 2.17. The molecular formula is C24H21N9O2. The van der Waals surface area contributed by atoms with Crippen LogP contribution in [0.5, 0.6) is 0 Å². The number of aromatic nitrogens is 7. The minimum atomic E-state index is -1.54. The summed E-state index contributed by atoms with van der Waals surface area (Å²) in [6.07, 6.45) is 8.92. The molecule has 35 heavy (non-hydrogen) atoms. The van der Waals surface area contributed by atoms with Crippen molar-refractivity contribution in [2.75, 3.05) is 18.9 Å². The maximum Gasteiger partial charge on any atom is 0.258 e. The number of anilines is 2. The van der Waals surface area contributed by atoms with E-state index < -0.39 is 5.60 Å². The Morgan fingerprint density at radius 1 is 1.06 bits per heavy atom. The molecule has 1 aliphatic rings. The van der Waals surface area contributed by atoms with E-state index in [1.54, 1.807) is 65.3 Å². The molecule has 5 aromatic rings. The van der Waals surface area contributed by atoms with E-state index in [0.717, 1.165) is 11.2 Å². The standard InChI is InChI=1S/C24H21N9O2/c1-31-13-8-24(35,22(31)34)16-5-9-25-18(14-16)17-7-12-33(30-17)21-6-10-26-23(29-21)28-19-15-27-32-11-3-2-4-20(19)32/h2-7,9-12,14-15,35H,8,13H2,1H3,(H,26,28,29). The highest BCUT2D eigenvalue weighted by atomic mass is 16.3. The van der Waals surface area contributed by atoms with E-state index in [1.807, 2.05) is 24.4 Å². The normalized spacial score (nSPS) is 17.9. The summed E-state index contributed by atoms with van der Waals surface area (Å²) in [5, 5.41) is 23.1. The molecule has 1 unspecified atom stereocenters. The number of hydrogen-bond donors (Lipinski definition) is 2. The van der Waals surface area contributed by atoms with Gasteiger partial charge in [0.1, 0.15) is 5.69 Å². The summed E-state index contributed by atoms with van der Waals surface area (Å²) in [4.78, 5) is 27.3. The molecule has 6 rings (SSSR count). The van der Waals surface area contributed by atoms with Crippen LogP contribution in [0, 0.1) is 0 Å². The third-order valence-corrected chi connectivity index (χ3v) is 6.15. The van der Waals surface area contributed by atoms with Crippen LogP contribution >= 0.6 is 0 Å². The van der Waals surface area contributed by atoms with Crippen LogP contribution in [0.4, 0.5) is 11.6 Å². The highest BCUT2D eigenvalue weighted by molar-refractivity contribution is 5.88. The lowest BCUT2D eigenvalue weighted by molar-refractivity contribution is -0.143. The Bertz CT molecular complexity index is 1560. The molecule has 1 saturated heterocycles. The molecule has 0 aliphatic carbocycles. The summed E-state index contributed by atoms with van der Waals surface area (Å²) in [6.45, 7) is 0.501. The van der Waals surface area contributed by atoms with E-state index in [0.29, 0.717) is 41.7 Å². The number of nitrogens with zero attached hydrogens (tertiary/aromatic N) is 8. The van der Waals surface area contributed by atoms with Gasteiger partial charge >= 0.3 is 0 Å². The predicted molar refractivity (Wildman–Crippen MR) is 127 cm³/mol. The summed E-state index contributed by atoms with van der Waals surface area (Å²) in [6, 6.07) is 12.7. The van der Waals surface area contributed by atoms with E-state index in [1.165, 1.54) is 4.90 Å². The molecule has 0 aromatic carbocycles. The van der Waals surface area contributed by atoms with Crippen molar-refractivity contribution in [3.63, 3.8) is 0 Å². The minimum Gasteiger partial charge on any atom is -0.375 e. The number of carbonyl (C=O) groups excluding carboxylic acids is 1. The molecule has 1 fully saturated rings. The number of carbonyl (C=O) groups is 1. The fraction of sp³-hybridized carbons (Fsp3) is 0.167. The van der Waals surface area contributed by atoms with Crippen molar-refractivity contribution >= 4 is 23.1 Å². The van der Waals surface area contributed by atoms with Gasteiger partial charge in [-0.25, -0.2) is 14.2 Å². The van der Waals surface area contributed by atoms with Gasteiger partial charge in [-0.15, -0.1) is 0 Å². The summed E-state index contributed by atoms with van der Waals surface area (Å²) >= 11 is 0. The third kappa shape index (κ3) is 3.58. The maximum absolute atomic E-state index is 12.5. The Balaban J connectivity index is 1.27. The van der Waals surface area contributed by atoms with Crippen LogP contribution in [-0.4, -0.2) is 63.9 Å². The summed E-state index contributed by atoms with van der Waals surface area (Å²) in [5.41, 5.74) is 1.80. The molecule has 1 atom stereocenters. The number of nitrogens with one attached hydrogen (secondary N) is 1. The van der Waals surface area contributed by atoms with E-state index in [4.69, 9.17) is 0 Å². The van der Waals surface area contributed by atoms with Gasteiger partial charge in [-0.05, 0) is 35.9 Å². The van der Waals surface area contributed by atoms with Gasteiger partial charge in [0, 0.05) is 50.9 Å². The van der Waals surface area contributed by atoms with Crippen molar-refractivity contribution in [1.82, 2.24) is 39.2 Å². The van der Waals surface area contributed by atoms with Crippen LogP contribution in [0.25, 0.3) is 22.7 Å². The van der Waals surface area contributed by atoms with Crippen LogP contribution in [0.3, 0.4) is 0 Å². The molecule has 0 saturated carbocycles. The smallest absolute Gasteiger partial charge is 0.258 e. The summed E-state index contributed by atoms with van der Waals surface area (Å²) in [7, 11) is 1.69. The fourth-order valence-electron chi connectivity index (χ4n) is 4.23. The Morgan fingerprint density at radius 3 is 2.80 bits per heavy atom. The number of aliphatic hydroxyl groups is 1. The van der Waals surface area contributed by atoms with Crippen molar-refractivity contribution in [2.45, 2.75) is 12.0 Å². The van der Waals surface area contributed by atoms with Crippen LogP contribution < -0.4 is 5.32 Å². The highest BCUT2D eigenvalue weighted by Crippen LogP contribution is 2.33. The molecule has 174 valence electrons. The molecule has 5 aromatic heterocycles. The zero-order chi connectivity index (χ0) is 24.0. The molecule has 0 spiro atoms. The van der Waals surface area contributed by atoms with Gasteiger partial charge in [0.05, 0.1) is 23.1 Å². The first-order chi connectivity index (χ1) is 17.0. The molecule has 1 aliphatic heterocycles. The van der Waals surface area contributed by atoms with Crippen molar-refractivity contribution in [2.24, 2.45) is 0 Å². The SMILES string of the molecule is CN1CCC(O)(c2ccnc(-c3ccn(-c4ccnc(Nc5cnn6ccccc56)n4)n3)c2)C1=O. The molecule has 11 heteroatoms. The van der Waals surface area contributed by atoms with E-state index in [-0.39, 0.29) is 5.91 Å². The van der Waals surface area contributed by atoms with Crippen molar-refractivity contribution < 1.29 is 9.90 Å². The second-order valence-electron chi connectivity index (χ2n) is 8.36. The first kappa shape index (κ1) is 20.9. The molecular weight excluding hydrogens is 446 g/mol. The Labute approximate surface area is 199 Å². The molecule has 0 radical (unpaired) electrons. The number of rotatable bonds is 5. The van der Waals surface area contributed by atoms with Gasteiger partial charge in [-0.2, -0.15) is 15.2 Å². The molecule has 6 heterocycles. The molecule has 1 amide bonds. The first-order valence-corrected chi connectivity index (χ1v) is 11.0. The Morgan fingerprint density at radius 2 is 1.94 bits per heavy atom. The fourth-order valence-corrected chi connectivity index (χ4v) is 4.23. The quantitative estimate of drug-likeness (QED) is 0.403. The Kier molecular flexibility index (Phi) is 4.78. The lowest BCUT2D eigenvalue weighted by Crippen LogP contribution is -2.36. The van der Waals surface area contributed by atoms with Crippen molar-refractivity contribution in [3.05, 3.63) is 79.0 Å². The second-order valence-corrected chi connectivity index (χ2v) is 8.36. The average molecular weight is 467 g/mol. The van der Waals surface area contributed by atoms with Crippen LogP contribution in [0.15, 0.2) is 73.4 Å². The number of likely N-dealkylation sites (tertiary alicyclic amines) is 1. The lowest BCUT2D eigenvalue weighted by Gasteiger charge is -2.21. The summed E-state index contributed by atoms with van der Waals surface area (Å²) < 4.78 is 3.39. The van der Waals surface area contributed by atoms with E-state index >= 15 is 0 Å². The van der Waals surface area contributed by atoms with Gasteiger partial charge in [0.25, 0.3) is 5.91 Å². The molecule has 0 bridgehead atoms. The van der Waals surface area contributed by atoms with Crippen molar-refractivity contribution in [3.8, 4) is 17.2 Å². The van der Waals surface area contributed by atoms with Crippen molar-refractivity contribution in [1.29, 1.82) is 0 Å². The minimum absolute atomic E-state index is 0.313. The van der Waals surface area contributed by atoms with Crippen LogP contribution in [0.2, 0.25) is 0 Å². The Hall–Kier alpha value is -4.64. The topological polar surface area (TPSA) is 126 Å². The van der Waals surface area contributed by atoms with Gasteiger partial charge in [-0.3, -0.25) is 9.78 Å². The second kappa shape index (κ2) is 7.99. The van der Waals surface area contributed by atoms with E-state index in [9.17, 15) is 9.90 Å². The molecule has 11 nitrogen and oxygen atoms in total. The summed E-state index contributed by atoms with van der Waals surface area (Å²) in [5.74, 6) is 0.657. The van der Waals surface area contributed by atoms with Gasteiger partial charge in [-0.1, -0.05) is 6.07 Å². The average Bonchev–Trinajstić information content (AvgIpc) is 3.61. The number of amides is 1. The van der Waals surface area contributed by atoms with Gasteiger partial charge in [0.15, 0.2) is 11.4 Å². The first-order valence-electron chi connectivity index (χ1n) is 11.0. The zero-order valence-electron chi connectivity index (χ0n) is 18.8. The van der Waals surface area contributed by atoms with Crippen LogP contribution in [0.1, 0.15) is 12.0 Å². The number of fused-ring (bicyclic) bond motifs is 1. The van der Waals surface area contributed by atoms with Gasteiger partial charge < -0.3 is 15.3 Å². The van der Waals surface area contributed by atoms with Gasteiger partial charge in [0.2, 0.25) is 5.95 Å². The maximum atomic E-state index is 12.5. The number of pyridine rings is 2.